The molecule has 0 aliphatic carbocycles. The van der Waals surface area contributed by atoms with Crippen LogP contribution < -0.4 is 0 Å². The summed E-state index contributed by atoms with van der Waals surface area (Å²) in [5.41, 5.74) is 0. The van der Waals surface area contributed by atoms with E-state index in [2.05, 4.69) is 4.74 Å². The van der Waals surface area contributed by atoms with Crippen LogP contribution in [0.25, 0.3) is 0 Å². The number of carboxylic acid groups (broad SMARTS) is 1. The Hall–Kier alpha value is -0.610. The van der Waals surface area contributed by atoms with Crippen molar-refractivity contribution in [1.82, 2.24) is 0 Å². The van der Waals surface area contributed by atoms with E-state index in [0.717, 1.165) is 6.42 Å². The Morgan fingerprint density at radius 2 is 2.17 bits per heavy atom. The highest BCUT2D eigenvalue weighted by molar-refractivity contribution is 5.72. The first kappa shape index (κ1) is 11.4. The zero-order valence-corrected chi connectivity index (χ0v) is 7.74. The topological polar surface area (TPSA) is 55.8 Å². The lowest BCUT2D eigenvalue weighted by Gasteiger charge is -2.18. The number of methoxy groups -OCH3 is 1. The van der Waals surface area contributed by atoms with Crippen LogP contribution in [-0.2, 0) is 14.3 Å². The van der Waals surface area contributed by atoms with E-state index in [0.29, 0.717) is 0 Å². The maximum Gasteiger partial charge on any atom is 0.333 e. The van der Waals surface area contributed by atoms with Gasteiger partial charge in [0.05, 0.1) is 0 Å². The summed E-state index contributed by atoms with van der Waals surface area (Å²) < 4.78 is 9.62. The second-order valence-electron chi connectivity index (χ2n) is 2.72. The number of carboxylic acids is 1. The van der Waals surface area contributed by atoms with Gasteiger partial charge < -0.3 is 14.6 Å². The van der Waals surface area contributed by atoms with Crippen LogP contribution in [0.1, 0.15) is 20.3 Å². The molecule has 0 fully saturated rings. The van der Waals surface area contributed by atoms with Gasteiger partial charge in [-0.3, -0.25) is 0 Å². The lowest BCUT2D eigenvalue weighted by atomic mass is 10.0. The lowest BCUT2D eigenvalue weighted by Crippen LogP contribution is -2.31. The number of hydrogen-bond donors (Lipinski definition) is 1. The fraction of sp³-hybridized carbons (Fsp3) is 0.875. The Bertz CT molecular complexity index is 135. The summed E-state index contributed by atoms with van der Waals surface area (Å²) in [6, 6.07) is 0. The summed E-state index contributed by atoms with van der Waals surface area (Å²) in [5, 5.41) is 8.72. The second-order valence-corrected chi connectivity index (χ2v) is 2.72. The predicted octanol–water partition coefficient (Wildman–Crippen LogP) is 1.11. The minimum absolute atomic E-state index is 0.0117. The third-order valence-electron chi connectivity index (χ3n) is 1.77. The highest BCUT2D eigenvalue weighted by Crippen LogP contribution is 2.11. The van der Waals surface area contributed by atoms with Gasteiger partial charge in [-0.15, -0.1) is 0 Å². The summed E-state index contributed by atoms with van der Waals surface area (Å²) in [7, 11) is 1.47. The van der Waals surface area contributed by atoms with E-state index in [4.69, 9.17) is 9.84 Å². The Morgan fingerprint density at radius 3 is 2.50 bits per heavy atom. The first-order valence-corrected chi connectivity index (χ1v) is 3.96. The first-order valence-electron chi connectivity index (χ1n) is 3.96. The minimum atomic E-state index is -0.929. The highest BCUT2D eigenvalue weighted by atomic mass is 16.7. The third-order valence-corrected chi connectivity index (χ3v) is 1.77. The van der Waals surface area contributed by atoms with Crippen molar-refractivity contribution in [2.75, 3.05) is 13.9 Å². The van der Waals surface area contributed by atoms with Crippen molar-refractivity contribution in [2.45, 2.75) is 26.4 Å². The van der Waals surface area contributed by atoms with E-state index >= 15 is 0 Å². The van der Waals surface area contributed by atoms with Crippen LogP contribution in [0, 0.1) is 5.92 Å². The van der Waals surface area contributed by atoms with E-state index in [9.17, 15) is 4.79 Å². The fourth-order valence-corrected chi connectivity index (χ4v) is 0.834. The van der Waals surface area contributed by atoms with Crippen molar-refractivity contribution in [2.24, 2.45) is 5.92 Å². The average molecular weight is 176 g/mol. The molecule has 0 aromatic rings. The monoisotopic (exact) mass is 176 g/mol. The van der Waals surface area contributed by atoms with Gasteiger partial charge in [0.15, 0.2) is 6.10 Å². The molecule has 72 valence electrons. The standard InChI is InChI=1S/C8H16O4/c1-4-6(2)7(8(9)10)12-5-11-3/h6-7H,4-5H2,1-3H3,(H,9,10)/t6?,7-/m0/s1. The molecule has 0 aliphatic heterocycles. The van der Waals surface area contributed by atoms with Crippen molar-refractivity contribution in [3.63, 3.8) is 0 Å². The lowest BCUT2D eigenvalue weighted by molar-refractivity contribution is -0.164. The maximum absolute atomic E-state index is 10.6. The Morgan fingerprint density at radius 1 is 1.58 bits per heavy atom. The average Bonchev–Trinajstić information content (AvgIpc) is 2.04. The van der Waals surface area contributed by atoms with E-state index < -0.39 is 12.1 Å². The van der Waals surface area contributed by atoms with Gasteiger partial charge in [-0.25, -0.2) is 4.79 Å². The van der Waals surface area contributed by atoms with Crippen LogP contribution >= 0.6 is 0 Å². The first-order chi connectivity index (χ1) is 5.63. The zero-order chi connectivity index (χ0) is 9.56. The van der Waals surface area contributed by atoms with Crippen molar-refractivity contribution in [1.29, 1.82) is 0 Å². The molecule has 0 saturated heterocycles. The molecule has 1 N–H and O–H groups in total. The van der Waals surface area contributed by atoms with Gasteiger partial charge in [0.2, 0.25) is 0 Å². The van der Waals surface area contributed by atoms with E-state index in [1.54, 1.807) is 0 Å². The molecule has 4 nitrogen and oxygen atoms in total. The summed E-state index contributed by atoms with van der Waals surface area (Å²) in [6.07, 6.45) is 0.0238. The van der Waals surface area contributed by atoms with Crippen LogP contribution in [-0.4, -0.2) is 31.1 Å². The van der Waals surface area contributed by atoms with Crippen molar-refractivity contribution < 1.29 is 19.4 Å². The molecule has 4 heteroatoms. The summed E-state index contributed by atoms with van der Waals surface area (Å²) >= 11 is 0. The molecule has 0 bridgehead atoms. The molecule has 0 aromatic heterocycles. The van der Waals surface area contributed by atoms with E-state index in [1.807, 2.05) is 13.8 Å². The molecule has 2 atom stereocenters. The molecule has 12 heavy (non-hydrogen) atoms. The van der Waals surface area contributed by atoms with Crippen LogP contribution in [0.5, 0.6) is 0 Å². The fourth-order valence-electron chi connectivity index (χ4n) is 0.834. The van der Waals surface area contributed by atoms with Gasteiger partial charge in [-0.2, -0.15) is 0 Å². The van der Waals surface area contributed by atoms with Crippen molar-refractivity contribution >= 4 is 5.97 Å². The molecule has 0 aliphatic rings. The molecule has 0 amide bonds. The summed E-state index contributed by atoms with van der Waals surface area (Å²) in [5.74, 6) is -0.918. The van der Waals surface area contributed by atoms with Gasteiger partial charge in [0, 0.05) is 7.11 Å². The van der Waals surface area contributed by atoms with Crippen LogP contribution in [0.2, 0.25) is 0 Å². The number of carbonyl (C=O) groups is 1. The molecular formula is C8H16O4. The molecule has 0 aromatic carbocycles. The molecule has 0 heterocycles. The second kappa shape index (κ2) is 5.97. The van der Waals surface area contributed by atoms with Gasteiger partial charge in [0.25, 0.3) is 0 Å². The number of rotatable bonds is 6. The maximum atomic E-state index is 10.6. The minimum Gasteiger partial charge on any atom is -0.479 e. The summed E-state index contributed by atoms with van der Waals surface area (Å²) in [4.78, 5) is 10.6. The van der Waals surface area contributed by atoms with Gasteiger partial charge in [0.1, 0.15) is 6.79 Å². The Kier molecular flexibility index (Phi) is 5.66. The van der Waals surface area contributed by atoms with Crippen LogP contribution in [0.15, 0.2) is 0 Å². The van der Waals surface area contributed by atoms with E-state index in [1.165, 1.54) is 7.11 Å². The van der Waals surface area contributed by atoms with Crippen molar-refractivity contribution in [3.05, 3.63) is 0 Å². The zero-order valence-electron chi connectivity index (χ0n) is 7.74. The number of ether oxygens (including phenoxy) is 2. The summed E-state index contributed by atoms with van der Waals surface area (Å²) in [6.45, 7) is 3.80. The van der Waals surface area contributed by atoms with Crippen LogP contribution in [0.3, 0.4) is 0 Å². The third kappa shape index (κ3) is 3.69. The number of aliphatic carboxylic acids is 1. The smallest absolute Gasteiger partial charge is 0.333 e. The number of hydrogen-bond acceptors (Lipinski definition) is 3. The molecular weight excluding hydrogens is 160 g/mol. The van der Waals surface area contributed by atoms with Crippen LogP contribution in [0.4, 0.5) is 0 Å². The predicted molar refractivity (Wildman–Crippen MR) is 43.8 cm³/mol. The largest absolute Gasteiger partial charge is 0.479 e. The van der Waals surface area contributed by atoms with Gasteiger partial charge >= 0.3 is 5.97 Å². The molecule has 0 spiro atoms. The normalized spacial score (nSPS) is 15.6. The SMILES string of the molecule is CCC(C)[C@H](OCOC)C(=O)O. The quantitative estimate of drug-likeness (QED) is 0.616. The van der Waals surface area contributed by atoms with E-state index in [-0.39, 0.29) is 12.7 Å². The molecule has 0 radical (unpaired) electrons. The highest BCUT2D eigenvalue weighted by Gasteiger charge is 2.23. The molecule has 0 rings (SSSR count). The van der Waals surface area contributed by atoms with Gasteiger partial charge in [-0.1, -0.05) is 20.3 Å². The molecule has 0 saturated carbocycles. The van der Waals surface area contributed by atoms with Gasteiger partial charge in [-0.05, 0) is 5.92 Å². The Labute approximate surface area is 72.5 Å². The molecule has 1 unspecified atom stereocenters. The van der Waals surface area contributed by atoms with Crippen molar-refractivity contribution in [3.8, 4) is 0 Å². The Balaban J connectivity index is 3.94.